The lowest BCUT2D eigenvalue weighted by Crippen LogP contribution is -2.42. The van der Waals surface area contributed by atoms with E-state index < -0.39 is 0 Å². The van der Waals surface area contributed by atoms with E-state index in [0.717, 1.165) is 19.3 Å². The van der Waals surface area contributed by atoms with Crippen molar-refractivity contribution < 1.29 is 4.79 Å². The van der Waals surface area contributed by atoms with Gasteiger partial charge in [-0.25, -0.2) is 0 Å². The van der Waals surface area contributed by atoms with Crippen molar-refractivity contribution in [2.24, 2.45) is 5.92 Å². The number of rotatable bonds is 5. The van der Waals surface area contributed by atoms with Crippen molar-refractivity contribution >= 4 is 18.2 Å². The zero-order valence-electron chi connectivity index (χ0n) is 14.2. The van der Waals surface area contributed by atoms with Crippen LogP contribution in [0.5, 0.6) is 0 Å². The predicted molar refractivity (Wildman–Crippen MR) is 101 cm³/mol. The molecule has 1 N–H and O–H groups in total. The minimum absolute atomic E-state index is 0. The highest BCUT2D eigenvalue weighted by molar-refractivity contribution is 5.85. The molecule has 0 bridgehead atoms. The van der Waals surface area contributed by atoms with Crippen molar-refractivity contribution in [3.05, 3.63) is 71.8 Å². The highest BCUT2D eigenvalue weighted by Gasteiger charge is 2.36. The van der Waals surface area contributed by atoms with Crippen LogP contribution in [0, 0.1) is 5.92 Å². The maximum atomic E-state index is 12.8. The smallest absolute Gasteiger partial charge is 0.139 e. The van der Waals surface area contributed by atoms with Gasteiger partial charge in [0.25, 0.3) is 0 Å². The van der Waals surface area contributed by atoms with Gasteiger partial charge in [-0.3, -0.25) is 4.79 Å². The molecule has 3 rings (SSSR count). The summed E-state index contributed by atoms with van der Waals surface area (Å²) in [4.78, 5) is 12.8. The fourth-order valence-electron chi connectivity index (χ4n) is 3.57. The summed E-state index contributed by atoms with van der Waals surface area (Å²) >= 11 is 0. The van der Waals surface area contributed by atoms with Crippen molar-refractivity contribution in [2.45, 2.75) is 44.7 Å². The van der Waals surface area contributed by atoms with Crippen LogP contribution in [-0.4, -0.2) is 5.78 Å². The van der Waals surface area contributed by atoms with Gasteiger partial charge < -0.3 is 5.32 Å². The number of piperidine rings is 1. The molecule has 1 aliphatic rings. The van der Waals surface area contributed by atoms with E-state index in [4.69, 9.17) is 0 Å². The first-order valence-corrected chi connectivity index (χ1v) is 8.68. The van der Waals surface area contributed by atoms with Crippen LogP contribution in [0.2, 0.25) is 0 Å². The Bertz CT molecular complexity index is 629. The number of ketones is 1. The molecule has 0 aromatic heterocycles. The average molecular weight is 344 g/mol. The van der Waals surface area contributed by atoms with Gasteiger partial charge in [0, 0.05) is 24.4 Å². The number of unbranched alkanes of at least 4 members (excludes halogenated alkanes) is 1. The second kappa shape index (κ2) is 9.00. The second-order valence-corrected chi connectivity index (χ2v) is 6.44. The standard InChI is InChI=1S/C21H25NO.ClH/c1-2-3-14-18-20(23)15-19(16-10-6-4-7-11-16)22-21(18)17-12-8-5-9-13-17;/h4-13,18-19,21-22H,2-3,14-15H2,1H3;1H. The zero-order chi connectivity index (χ0) is 16.1. The second-order valence-electron chi connectivity index (χ2n) is 6.44. The van der Waals surface area contributed by atoms with Gasteiger partial charge in [-0.05, 0) is 17.5 Å². The molecule has 1 saturated heterocycles. The molecule has 1 fully saturated rings. The van der Waals surface area contributed by atoms with E-state index in [2.05, 4.69) is 48.6 Å². The maximum absolute atomic E-state index is 12.8. The highest BCUT2D eigenvalue weighted by Crippen LogP contribution is 2.37. The molecule has 0 amide bonds. The first kappa shape index (κ1) is 18.7. The molecule has 24 heavy (non-hydrogen) atoms. The van der Waals surface area contributed by atoms with Crippen molar-refractivity contribution in [3.8, 4) is 0 Å². The fourth-order valence-corrected chi connectivity index (χ4v) is 3.57. The number of hydrogen-bond donors (Lipinski definition) is 1. The summed E-state index contributed by atoms with van der Waals surface area (Å²) < 4.78 is 0. The number of hydrogen-bond acceptors (Lipinski definition) is 2. The first-order valence-electron chi connectivity index (χ1n) is 8.68. The molecule has 0 radical (unpaired) electrons. The Morgan fingerprint density at radius 1 is 0.958 bits per heavy atom. The molecule has 1 heterocycles. The number of Topliss-reactive ketones (excluding diaryl/α,β-unsaturated/α-hetero) is 1. The number of carbonyl (C=O) groups is 1. The number of carbonyl (C=O) groups excluding carboxylic acids is 1. The lowest BCUT2D eigenvalue weighted by molar-refractivity contribution is -0.127. The minimum atomic E-state index is 0. The number of benzene rings is 2. The topological polar surface area (TPSA) is 29.1 Å². The molecule has 3 heteroatoms. The summed E-state index contributed by atoms with van der Waals surface area (Å²) in [6.07, 6.45) is 3.82. The molecule has 0 aliphatic carbocycles. The van der Waals surface area contributed by atoms with Gasteiger partial charge in [0.2, 0.25) is 0 Å². The van der Waals surface area contributed by atoms with E-state index in [1.807, 2.05) is 24.3 Å². The van der Waals surface area contributed by atoms with Crippen LogP contribution < -0.4 is 5.32 Å². The maximum Gasteiger partial charge on any atom is 0.139 e. The van der Waals surface area contributed by atoms with Crippen molar-refractivity contribution in [1.82, 2.24) is 5.32 Å². The third-order valence-corrected chi connectivity index (χ3v) is 4.83. The minimum Gasteiger partial charge on any atom is -0.302 e. The van der Waals surface area contributed by atoms with Crippen molar-refractivity contribution in [1.29, 1.82) is 0 Å². The molecule has 0 spiro atoms. The summed E-state index contributed by atoms with van der Waals surface area (Å²) in [5.74, 6) is 0.497. The molecular formula is C21H26ClNO. The van der Waals surface area contributed by atoms with Gasteiger partial charge >= 0.3 is 0 Å². The molecule has 3 atom stereocenters. The SMILES string of the molecule is CCCCC1C(=O)CC(c2ccccc2)NC1c1ccccc1.Cl. The molecule has 128 valence electrons. The van der Waals surface area contributed by atoms with Crippen LogP contribution in [0.1, 0.15) is 55.8 Å². The Morgan fingerprint density at radius 3 is 2.12 bits per heavy atom. The van der Waals surface area contributed by atoms with Gasteiger partial charge in [0.15, 0.2) is 0 Å². The molecule has 0 saturated carbocycles. The van der Waals surface area contributed by atoms with Gasteiger partial charge in [-0.15, -0.1) is 12.4 Å². The summed E-state index contributed by atoms with van der Waals surface area (Å²) in [7, 11) is 0. The largest absolute Gasteiger partial charge is 0.302 e. The van der Waals surface area contributed by atoms with Gasteiger partial charge in [-0.2, -0.15) is 0 Å². The Balaban J connectivity index is 0.00000208. The van der Waals surface area contributed by atoms with E-state index in [1.165, 1.54) is 11.1 Å². The molecule has 2 aromatic rings. The van der Waals surface area contributed by atoms with Gasteiger partial charge in [0.1, 0.15) is 5.78 Å². The van der Waals surface area contributed by atoms with E-state index in [1.54, 1.807) is 0 Å². The van der Waals surface area contributed by atoms with Crippen LogP contribution in [0.15, 0.2) is 60.7 Å². The molecule has 1 aliphatic heterocycles. The Morgan fingerprint density at radius 2 is 1.54 bits per heavy atom. The zero-order valence-corrected chi connectivity index (χ0v) is 15.0. The molecular weight excluding hydrogens is 318 g/mol. The Hall–Kier alpha value is -1.64. The Labute approximate surface area is 151 Å². The van der Waals surface area contributed by atoms with Crippen molar-refractivity contribution in [2.75, 3.05) is 0 Å². The van der Waals surface area contributed by atoms with Crippen LogP contribution in [0.4, 0.5) is 0 Å². The molecule has 2 nitrogen and oxygen atoms in total. The number of halogens is 1. The third kappa shape index (κ3) is 4.25. The summed E-state index contributed by atoms with van der Waals surface area (Å²) in [6.45, 7) is 2.19. The van der Waals surface area contributed by atoms with Crippen molar-refractivity contribution in [3.63, 3.8) is 0 Å². The lowest BCUT2D eigenvalue weighted by atomic mass is 9.78. The normalized spacial score (nSPS) is 23.5. The quantitative estimate of drug-likeness (QED) is 0.802. The summed E-state index contributed by atoms with van der Waals surface area (Å²) in [5.41, 5.74) is 2.43. The molecule has 3 unspecified atom stereocenters. The highest BCUT2D eigenvalue weighted by atomic mass is 35.5. The average Bonchev–Trinajstić information content (AvgIpc) is 2.61. The predicted octanol–water partition coefficient (Wildman–Crippen LogP) is 5.26. The summed E-state index contributed by atoms with van der Waals surface area (Å²) in [6, 6.07) is 21.0. The fraction of sp³-hybridized carbons (Fsp3) is 0.381. The third-order valence-electron chi connectivity index (χ3n) is 4.83. The lowest BCUT2D eigenvalue weighted by Gasteiger charge is -2.37. The van der Waals surface area contributed by atoms with Gasteiger partial charge in [0.05, 0.1) is 0 Å². The molecule has 2 aromatic carbocycles. The van der Waals surface area contributed by atoms with Gasteiger partial charge in [-0.1, -0.05) is 80.4 Å². The van der Waals surface area contributed by atoms with Crippen LogP contribution in [0.3, 0.4) is 0 Å². The number of nitrogens with one attached hydrogen (secondary N) is 1. The van der Waals surface area contributed by atoms with E-state index in [-0.39, 0.29) is 30.4 Å². The van der Waals surface area contributed by atoms with E-state index >= 15 is 0 Å². The summed E-state index contributed by atoms with van der Waals surface area (Å²) in [5, 5.41) is 3.75. The van der Waals surface area contributed by atoms with Crippen LogP contribution >= 0.6 is 12.4 Å². The van der Waals surface area contributed by atoms with Crippen LogP contribution in [-0.2, 0) is 4.79 Å². The first-order chi connectivity index (χ1) is 11.3. The van der Waals surface area contributed by atoms with Crippen LogP contribution in [0.25, 0.3) is 0 Å². The van der Waals surface area contributed by atoms with E-state index in [9.17, 15) is 4.79 Å². The van der Waals surface area contributed by atoms with E-state index in [0.29, 0.717) is 12.2 Å². The monoisotopic (exact) mass is 343 g/mol. The Kier molecular flexibility index (Phi) is 7.01.